The van der Waals surface area contributed by atoms with E-state index in [9.17, 15) is 4.79 Å². The molecule has 6 heteroatoms. The van der Waals surface area contributed by atoms with E-state index in [0.717, 1.165) is 15.6 Å². The minimum atomic E-state index is -0.273. The molecule has 0 spiro atoms. The Hall–Kier alpha value is -1.23. The van der Waals surface area contributed by atoms with Crippen LogP contribution in [0.1, 0.15) is 11.1 Å². The molecule has 2 aromatic rings. The van der Waals surface area contributed by atoms with Crippen molar-refractivity contribution >= 4 is 50.7 Å². The first kappa shape index (κ1) is 17.1. The highest BCUT2D eigenvalue weighted by Gasteiger charge is 2.10. The summed E-state index contributed by atoms with van der Waals surface area (Å²) in [6, 6.07) is 8.84. The van der Waals surface area contributed by atoms with Gasteiger partial charge in [0.1, 0.15) is 5.75 Å². The Morgan fingerprint density at radius 3 is 2.55 bits per heavy atom. The van der Waals surface area contributed by atoms with E-state index in [-0.39, 0.29) is 12.5 Å². The van der Waals surface area contributed by atoms with Gasteiger partial charge in [0.25, 0.3) is 5.91 Å². The minimum absolute atomic E-state index is 0.0945. The van der Waals surface area contributed by atoms with Crippen LogP contribution in [0.2, 0.25) is 10.0 Å². The van der Waals surface area contributed by atoms with Crippen molar-refractivity contribution < 1.29 is 9.53 Å². The van der Waals surface area contributed by atoms with Crippen LogP contribution >= 0.6 is 39.1 Å². The third-order valence-electron chi connectivity index (χ3n) is 2.92. The van der Waals surface area contributed by atoms with Crippen LogP contribution in [0, 0.1) is 13.8 Å². The second-order valence-corrected chi connectivity index (χ2v) is 6.53. The van der Waals surface area contributed by atoms with Crippen molar-refractivity contribution in [3.05, 3.63) is 56.0 Å². The van der Waals surface area contributed by atoms with Gasteiger partial charge in [-0.15, -0.1) is 0 Å². The molecular weight excluding hydrogens is 389 g/mol. The Balaban J connectivity index is 2.00. The number of rotatable bonds is 4. The minimum Gasteiger partial charge on any atom is -0.482 e. The number of benzene rings is 2. The van der Waals surface area contributed by atoms with E-state index < -0.39 is 0 Å². The van der Waals surface area contributed by atoms with Crippen LogP contribution in [0.3, 0.4) is 0 Å². The van der Waals surface area contributed by atoms with Crippen molar-refractivity contribution in [1.82, 2.24) is 0 Å². The van der Waals surface area contributed by atoms with Gasteiger partial charge in [0.2, 0.25) is 0 Å². The lowest BCUT2D eigenvalue weighted by Gasteiger charge is -2.12. The van der Waals surface area contributed by atoms with Crippen LogP contribution in [-0.4, -0.2) is 12.5 Å². The topological polar surface area (TPSA) is 38.3 Å². The largest absolute Gasteiger partial charge is 0.482 e. The molecule has 3 nitrogen and oxygen atoms in total. The lowest BCUT2D eigenvalue weighted by molar-refractivity contribution is -0.118. The van der Waals surface area contributed by atoms with Gasteiger partial charge < -0.3 is 10.1 Å². The molecule has 0 aliphatic carbocycles. The Kier molecular flexibility index (Phi) is 5.73. The average Bonchev–Trinajstić information content (AvgIpc) is 2.41. The molecule has 2 rings (SSSR count). The first-order chi connectivity index (χ1) is 10.4. The van der Waals surface area contributed by atoms with E-state index in [1.54, 1.807) is 18.2 Å². The molecule has 22 heavy (non-hydrogen) atoms. The molecule has 0 aromatic heterocycles. The van der Waals surface area contributed by atoms with Crippen LogP contribution in [0.15, 0.2) is 34.8 Å². The molecule has 1 N–H and O–H groups in total. The molecule has 1 amide bonds. The maximum atomic E-state index is 11.9. The summed E-state index contributed by atoms with van der Waals surface area (Å²) in [5, 5.41) is 3.53. The first-order valence-electron chi connectivity index (χ1n) is 6.51. The second-order valence-electron chi connectivity index (χ2n) is 4.86. The maximum Gasteiger partial charge on any atom is 0.262 e. The SMILES string of the molecule is Cc1cc(C)c(OCC(=O)Nc2ccc(Cl)c(Cl)c2)c(Br)c1. The van der Waals surface area contributed by atoms with E-state index in [1.807, 2.05) is 26.0 Å². The normalized spacial score (nSPS) is 10.4. The molecule has 0 fully saturated rings. The average molecular weight is 403 g/mol. The van der Waals surface area contributed by atoms with Gasteiger partial charge in [0.15, 0.2) is 6.61 Å². The van der Waals surface area contributed by atoms with Crippen molar-refractivity contribution in [2.75, 3.05) is 11.9 Å². The third-order valence-corrected chi connectivity index (χ3v) is 4.25. The first-order valence-corrected chi connectivity index (χ1v) is 8.06. The molecule has 0 saturated carbocycles. The van der Waals surface area contributed by atoms with E-state index in [4.69, 9.17) is 27.9 Å². The summed E-state index contributed by atoms with van der Waals surface area (Å²) in [6.07, 6.45) is 0. The number of halogens is 3. The summed E-state index contributed by atoms with van der Waals surface area (Å²) >= 11 is 15.2. The summed E-state index contributed by atoms with van der Waals surface area (Å²) < 4.78 is 6.42. The molecule has 0 heterocycles. The standard InChI is InChI=1S/C16H14BrCl2NO2/c1-9-5-10(2)16(12(17)6-9)22-8-15(21)20-11-3-4-13(18)14(19)7-11/h3-7H,8H2,1-2H3,(H,20,21). The van der Waals surface area contributed by atoms with Crippen LogP contribution in [0.4, 0.5) is 5.69 Å². The summed E-state index contributed by atoms with van der Waals surface area (Å²) in [7, 11) is 0. The van der Waals surface area contributed by atoms with Gasteiger partial charge in [-0.05, 0) is 65.2 Å². The molecule has 0 bridgehead atoms. The number of ether oxygens (including phenoxy) is 1. The second kappa shape index (κ2) is 7.36. The summed E-state index contributed by atoms with van der Waals surface area (Å²) in [4.78, 5) is 11.9. The summed E-state index contributed by atoms with van der Waals surface area (Å²) in [6.45, 7) is 3.84. The number of carbonyl (C=O) groups excluding carboxylic acids is 1. The lowest BCUT2D eigenvalue weighted by atomic mass is 10.1. The highest BCUT2D eigenvalue weighted by molar-refractivity contribution is 9.10. The lowest BCUT2D eigenvalue weighted by Crippen LogP contribution is -2.20. The van der Waals surface area contributed by atoms with Crippen molar-refractivity contribution in [3.8, 4) is 5.75 Å². The number of hydrogen-bond acceptors (Lipinski definition) is 2. The Bertz CT molecular complexity index is 696. The van der Waals surface area contributed by atoms with E-state index >= 15 is 0 Å². The van der Waals surface area contributed by atoms with E-state index in [2.05, 4.69) is 21.2 Å². The van der Waals surface area contributed by atoms with Gasteiger partial charge in [0, 0.05) is 5.69 Å². The fourth-order valence-electron chi connectivity index (χ4n) is 1.99. The molecule has 0 radical (unpaired) electrons. The smallest absolute Gasteiger partial charge is 0.262 e. The van der Waals surface area contributed by atoms with Crippen LogP contribution in [0.5, 0.6) is 5.75 Å². The molecule has 0 atom stereocenters. The maximum absolute atomic E-state index is 11.9. The Morgan fingerprint density at radius 2 is 1.91 bits per heavy atom. The molecular formula is C16H14BrCl2NO2. The fourth-order valence-corrected chi connectivity index (χ4v) is 3.08. The van der Waals surface area contributed by atoms with E-state index in [0.29, 0.717) is 21.5 Å². The Labute approximate surface area is 147 Å². The predicted molar refractivity (Wildman–Crippen MR) is 94.2 cm³/mol. The van der Waals surface area contributed by atoms with Gasteiger partial charge in [0.05, 0.1) is 14.5 Å². The highest BCUT2D eigenvalue weighted by atomic mass is 79.9. The third kappa shape index (κ3) is 4.38. The van der Waals surface area contributed by atoms with Gasteiger partial charge in [-0.25, -0.2) is 0 Å². The molecule has 116 valence electrons. The number of carbonyl (C=O) groups is 1. The number of aryl methyl sites for hydroxylation is 2. The number of anilines is 1. The predicted octanol–water partition coefficient (Wildman–Crippen LogP) is 5.39. The number of hydrogen-bond donors (Lipinski definition) is 1. The molecule has 0 aliphatic heterocycles. The van der Waals surface area contributed by atoms with Gasteiger partial charge in [-0.3, -0.25) is 4.79 Å². The summed E-state index contributed by atoms with van der Waals surface area (Å²) in [5.74, 6) is 0.389. The van der Waals surface area contributed by atoms with Crippen molar-refractivity contribution in [2.45, 2.75) is 13.8 Å². The molecule has 0 aliphatic rings. The highest BCUT2D eigenvalue weighted by Crippen LogP contribution is 2.30. The summed E-state index contributed by atoms with van der Waals surface area (Å²) in [5.41, 5.74) is 2.66. The van der Waals surface area contributed by atoms with Crippen molar-refractivity contribution in [3.63, 3.8) is 0 Å². The molecule has 2 aromatic carbocycles. The number of nitrogens with one attached hydrogen (secondary N) is 1. The van der Waals surface area contributed by atoms with Crippen LogP contribution in [0.25, 0.3) is 0 Å². The molecule has 0 saturated heterocycles. The van der Waals surface area contributed by atoms with Gasteiger partial charge in [-0.2, -0.15) is 0 Å². The Morgan fingerprint density at radius 1 is 1.18 bits per heavy atom. The van der Waals surface area contributed by atoms with Crippen molar-refractivity contribution in [2.24, 2.45) is 0 Å². The zero-order valence-electron chi connectivity index (χ0n) is 12.0. The van der Waals surface area contributed by atoms with Crippen LogP contribution in [-0.2, 0) is 4.79 Å². The molecule has 0 unspecified atom stereocenters. The van der Waals surface area contributed by atoms with E-state index in [1.165, 1.54) is 0 Å². The van der Waals surface area contributed by atoms with Crippen LogP contribution < -0.4 is 10.1 Å². The quantitative estimate of drug-likeness (QED) is 0.744. The van der Waals surface area contributed by atoms with Gasteiger partial charge >= 0.3 is 0 Å². The van der Waals surface area contributed by atoms with Gasteiger partial charge in [-0.1, -0.05) is 29.3 Å². The number of amides is 1. The monoisotopic (exact) mass is 401 g/mol. The zero-order valence-corrected chi connectivity index (χ0v) is 15.1. The zero-order chi connectivity index (χ0) is 16.3. The van der Waals surface area contributed by atoms with Crippen molar-refractivity contribution in [1.29, 1.82) is 0 Å². The fraction of sp³-hybridized carbons (Fsp3) is 0.188.